The Labute approximate surface area is 198 Å². The minimum absolute atomic E-state index is 0.0659. The first kappa shape index (κ1) is 23.4. The third-order valence-electron chi connectivity index (χ3n) is 6.07. The van der Waals surface area contributed by atoms with Gasteiger partial charge in [-0.15, -0.1) is 5.10 Å². The Morgan fingerprint density at radius 1 is 1.30 bits per heavy atom. The van der Waals surface area contributed by atoms with Crippen molar-refractivity contribution in [1.29, 1.82) is 0 Å². The summed E-state index contributed by atoms with van der Waals surface area (Å²) in [6.07, 6.45) is 2.73. The standard InChI is InChI=1S/C24H32N6O2S/c1-3-28(16-19-9-5-4-6-10-19)13-8-12-25-22(32)20-11-7-14-29(17-20)24-27-30-21(31)15-18(2)26-23(30)33-24/h4-6,9-10,15,20H,3,7-8,11-14,16-17H2,1-2H3,(H,25,32). The van der Waals surface area contributed by atoms with Gasteiger partial charge in [-0.3, -0.25) is 14.5 Å². The molecule has 0 saturated carbocycles. The normalized spacial score (nSPS) is 16.5. The van der Waals surface area contributed by atoms with E-state index in [1.165, 1.54) is 27.5 Å². The number of carbonyl (C=O) groups excluding carboxylic acids is 1. The number of aromatic nitrogens is 3. The number of aryl methyl sites for hydroxylation is 1. The van der Waals surface area contributed by atoms with E-state index in [0.29, 0.717) is 23.7 Å². The number of benzene rings is 1. The number of fused-ring (bicyclic) bond motifs is 1. The average molecular weight is 469 g/mol. The van der Waals surface area contributed by atoms with Crippen molar-refractivity contribution in [2.24, 2.45) is 5.92 Å². The molecule has 0 bridgehead atoms. The molecule has 33 heavy (non-hydrogen) atoms. The second-order valence-electron chi connectivity index (χ2n) is 8.60. The molecule has 3 heterocycles. The quantitative estimate of drug-likeness (QED) is 0.486. The molecule has 1 aromatic carbocycles. The van der Waals surface area contributed by atoms with Crippen LogP contribution in [-0.4, -0.2) is 58.1 Å². The monoisotopic (exact) mass is 468 g/mol. The van der Waals surface area contributed by atoms with Crippen molar-refractivity contribution in [2.75, 3.05) is 37.6 Å². The summed E-state index contributed by atoms with van der Waals surface area (Å²) in [6.45, 7) is 8.99. The average Bonchev–Trinajstić information content (AvgIpc) is 3.26. The van der Waals surface area contributed by atoms with Gasteiger partial charge in [-0.2, -0.15) is 4.52 Å². The van der Waals surface area contributed by atoms with Crippen molar-refractivity contribution in [3.63, 3.8) is 0 Å². The maximum atomic E-state index is 12.8. The molecule has 176 valence electrons. The van der Waals surface area contributed by atoms with Crippen LogP contribution in [-0.2, 0) is 11.3 Å². The Morgan fingerprint density at radius 3 is 2.91 bits per heavy atom. The highest BCUT2D eigenvalue weighted by atomic mass is 32.1. The van der Waals surface area contributed by atoms with Gasteiger partial charge in [0.2, 0.25) is 16.0 Å². The van der Waals surface area contributed by atoms with Gasteiger partial charge in [0.1, 0.15) is 0 Å². The number of amides is 1. The van der Waals surface area contributed by atoms with Crippen LogP contribution < -0.4 is 15.8 Å². The lowest BCUT2D eigenvalue weighted by atomic mass is 9.97. The first-order chi connectivity index (χ1) is 16.0. The fourth-order valence-electron chi connectivity index (χ4n) is 4.25. The van der Waals surface area contributed by atoms with E-state index in [0.717, 1.165) is 50.6 Å². The van der Waals surface area contributed by atoms with Crippen molar-refractivity contribution >= 4 is 27.3 Å². The van der Waals surface area contributed by atoms with Crippen LogP contribution in [0.3, 0.4) is 0 Å². The number of rotatable bonds is 9. The van der Waals surface area contributed by atoms with E-state index in [9.17, 15) is 9.59 Å². The summed E-state index contributed by atoms with van der Waals surface area (Å²) < 4.78 is 1.35. The zero-order chi connectivity index (χ0) is 23.2. The van der Waals surface area contributed by atoms with Gasteiger partial charge in [-0.1, -0.05) is 48.6 Å². The highest BCUT2D eigenvalue weighted by Crippen LogP contribution is 2.27. The van der Waals surface area contributed by atoms with Gasteiger partial charge in [0, 0.05) is 44.5 Å². The van der Waals surface area contributed by atoms with Crippen LogP contribution in [0.4, 0.5) is 5.13 Å². The lowest BCUT2D eigenvalue weighted by molar-refractivity contribution is -0.125. The van der Waals surface area contributed by atoms with E-state index in [2.05, 4.69) is 56.4 Å². The molecule has 2 aromatic heterocycles. The van der Waals surface area contributed by atoms with Crippen LogP contribution in [0.5, 0.6) is 0 Å². The van der Waals surface area contributed by atoms with Crippen molar-refractivity contribution in [2.45, 2.75) is 39.7 Å². The number of carbonyl (C=O) groups is 1. The first-order valence-electron chi connectivity index (χ1n) is 11.7. The molecule has 1 aliphatic rings. The van der Waals surface area contributed by atoms with Gasteiger partial charge < -0.3 is 10.2 Å². The van der Waals surface area contributed by atoms with Crippen LogP contribution in [0.25, 0.3) is 4.96 Å². The maximum absolute atomic E-state index is 12.8. The summed E-state index contributed by atoms with van der Waals surface area (Å²) in [5.41, 5.74) is 1.84. The first-order valence-corrected chi connectivity index (χ1v) is 12.5. The molecule has 1 fully saturated rings. The third kappa shape index (κ3) is 5.97. The van der Waals surface area contributed by atoms with E-state index in [4.69, 9.17) is 0 Å². The molecule has 3 aromatic rings. The van der Waals surface area contributed by atoms with Crippen LogP contribution in [0, 0.1) is 12.8 Å². The molecule has 4 rings (SSSR count). The summed E-state index contributed by atoms with van der Waals surface area (Å²) in [6, 6.07) is 12.0. The van der Waals surface area contributed by atoms with E-state index < -0.39 is 0 Å². The zero-order valence-electron chi connectivity index (χ0n) is 19.4. The largest absolute Gasteiger partial charge is 0.356 e. The van der Waals surface area contributed by atoms with E-state index in [1.54, 1.807) is 0 Å². The number of anilines is 1. The SMILES string of the molecule is CCN(CCCNC(=O)C1CCCN(c2nn3c(=O)cc(C)nc3s2)C1)Cc1ccccc1. The molecule has 1 amide bonds. The number of nitrogens with one attached hydrogen (secondary N) is 1. The Bertz CT molecular complexity index is 1130. The Morgan fingerprint density at radius 2 is 2.12 bits per heavy atom. The topological polar surface area (TPSA) is 82.8 Å². The van der Waals surface area contributed by atoms with Crippen LogP contribution in [0.15, 0.2) is 41.2 Å². The van der Waals surface area contributed by atoms with Gasteiger partial charge in [0.25, 0.3) is 5.56 Å². The lowest BCUT2D eigenvalue weighted by Gasteiger charge is -2.31. The molecule has 1 atom stereocenters. The zero-order valence-corrected chi connectivity index (χ0v) is 20.2. The summed E-state index contributed by atoms with van der Waals surface area (Å²) in [5.74, 6) is 0.0434. The summed E-state index contributed by atoms with van der Waals surface area (Å²) >= 11 is 1.40. The predicted molar refractivity (Wildman–Crippen MR) is 132 cm³/mol. The summed E-state index contributed by atoms with van der Waals surface area (Å²) in [5, 5.41) is 8.34. The fourth-order valence-corrected chi connectivity index (χ4v) is 5.24. The Kier molecular flexibility index (Phi) is 7.72. The molecule has 9 heteroatoms. The molecule has 8 nitrogen and oxygen atoms in total. The highest BCUT2D eigenvalue weighted by molar-refractivity contribution is 7.20. The van der Waals surface area contributed by atoms with Gasteiger partial charge in [0.05, 0.1) is 5.92 Å². The summed E-state index contributed by atoms with van der Waals surface area (Å²) in [4.78, 5) is 34.5. The van der Waals surface area contributed by atoms with Crippen LogP contribution in [0.1, 0.15) is 37.4 Å². The molecule has 1 saturated heterocycles. The minimum atomic E-state index is -0.167. The van der Waals surface area contributed by atoms with Gasteiger partial charge in [-0.05, 0) is 38.3 Å². The molecule has 1 unspecified atom stereocenters. The maximum Gasteiger partial charge on any atom is 0.275 e. The van der Waals surface area contributed by atoms with Crippen molar-refractivity contribution < 1.29 is 4.79 Å². The number of nitrogens with zero attached hydrogens (tertiary/aromatic N) is 5. The van der Waals surface area contributed by atoms with E-state index in [-0.39, 0.29) is 17.4 Å². The number of hydrogen-bond donors (Lipinski definition) is 1. The van der Waals surface area contributed by atoms with Crippen LogP contribution in [0.2, 0.25) is 0 Å². The smallest absolute Gasteiger partial charge is 0.275 e. The predicted octanol–water partition coefficient (Wildman–Crippen LogP) is 2.70. The molecule has 1 aliphatic heterocycles. The fraction of sp³-hybridized carbons (Fsp3) is 0.500. The highest BCUT2D eigenvalue weighted by Gasteiger charge is 2.27. The second kappa shape index (κ2) is 10.9. The molecule has 0 radical (unpaired) electrons. The second-order valence-corrected chi connectivity index (χ2v) is 9.53. The molecule has 0 spiro atoms. The molecular weight excluding hydrogens is 436 g/mol. The van der Waals surface area contributed by atoms with Gasteiger partial charge >= 0.3 is 0 Å². The van der Waals surface area contributed by atoms with Crippen molar-refractivity contribution in [3.05, 3.63) is 58.0 Å². The van der Waals surface area contributed by atoms with Crippen molar-refractivity contribution in [1.82, 2.24) is 24.8 Å². The van der Waals surface area contributed by atoms with E-state index >= 15 is 0 Å². The molecular formula is C24H32N6O2S. The molecule has 1 N–H and O–H groups in total. The van der Waals surface area contributed by atoms with Gasteiger partial charge in [0.15, 0.2) is 0 Å². The summed E-state index contributed by atoms with van der Waals surface area (Å²) in [7, 11) is 0. The lowest BCUT2D eigenvalue weighted by Crippen LogP contribution is -2.43. The third-order valence-corrected chi connectivity index (χ3v) is 7.04. The van der Waals surface area contributed by atoms with Crippen molar-refractivity contribution in [3.8, 4) is 0 Å². The Balaban J connectivity index is 1.26. The number of hydrogen-bond acceptors (Lipinski definition) is 7. The van der Waals surface area contributed by atoms with Crippen LogP contribution >= 0.6 is 11.3 Å². The van der Waals surface area contributed by atoms with Gasteiger partial charge in [-0.25, -0.2) is 4.98 Å². The molecule has 0 aliphatic carbocycles. The van der Waals surface area contributed by atoms with E-state index in [1.807, 2.05) is 13.0 Å². The minimum Gasteiger partial charge on any atom is -0.356 e. The Hall–Kier alpha value is -2.78. The number of piperidine rings is 1.